The molecule has 0 spiro atoms. The van der Waals surface area contributed by atoms with E-state index in [4.69, 9.17) is 0 Å². The summed E-state index contributed by atoms with van der Waals surface area (Å²) in [5, 5.41) is 8.57. The first kappa shape index (κ1) is 12.1. The van der Waals surface area contributed by atoms with Gasteiger partial charge in [-0.1, -0.05) is 6.07 Å². The van der Waals surface area contributed by atoms with Gasteiger partial charge in [0.1, 0.15) is 11.3 Å². The number of rotatable bonds is 3. The molecule has 0 saturated carbocycles. The molecule has 0 aliphatic rings. The maximum atomic E-state index is 11.8. The predicted molar refractivity (Wildman–Crippen MR) is 71.2 cm³/mol. The van der Waals surface area contributed by atoms with Gasteiger partial charge in [-0.25, -0.2) is 10.1 Å². The number of H-pyrrole nitrogens is 1. The normalized spacial score (nSPS) is 10.6. The maximum Gasteiger partial charge on any atom is 0.272 e. The monoisotopic (exact) mass is 269 g/mol. The summed E-state index contributed by atoms with van der Waals surface area (Å²) in [6.07, 6.45) is 3.73. The second-order valence-corrected chi connectivity index (χ2v) is 4.19. The van der Waals surface area contributed by atoms with Crippen molar-refractivity contribution in [1.82, 2.24) is 24.9 Å². The second kappa shape index (κ2) is 4.96. The van der Waals surface area contributed by atoms with Crippen molar-refractivity contribution in [2.75, 3.05) is 0 Å². The number of nitrogens with one attached hydrogen (secondary N) is 2. The van der Waals surface area contributed by atoms with Crippen LogP contribution in [-0.4, -0.2) is 25.5 Å². The largest absolute Gasteiger partial charge is 0.345 e. The Bertz CT molecular complexity index is 767. The van der Waals surface area contributed by atoms with Crippen molar-refractivity contribution in [1.29, 1.82) is 0 Å². The third-order valence-corrected chi connectivity index (χ3v) is 2.76. The van der Waals surface area contributed by atoms with E-state index in [1.54, 1.807) is 0 Å². The van der Waals surface area contributed by atoms with Crippen LogP contribution in [0.25, 0.3) is 5.65 Å². The first-order valence-electron chi connectivity index (χ1n) is 5.99. The van der Waals surface area contributed by atoms with Crippen LogP contribution in [0.5, 0.6) is 0 Å². The quantitative estimate of drug-likeness (QED) is 0.717. The number of amides is 1. The van der Waals surface area contributed by atoms with Crippen LogP contribution < -0.4 is 10.9 Å². The summed E-state index contributed by atoms with van der Waals surface area (Å²) in [5.41, 5.74) is 1.38. The fourth-order valence-electron chi connectivity index (χ4n) is 1.80. The first-order valence-corrected chi connectivity index (χ1v) is 5.99. The summed E-state index contributed by atoms with van der Waals surface area (Å²) in [6, 6.07) is 8.32. The van der Waals surface area contributed by atoms with E-state index in [2.05, 4.69) is 20.5 Å². The number of imidazole rings is 1. The minimum absolute atomic E-state index is 0.161. The molecule has 0 saturated heterocycles. The molecule has 2 N–H and O–H groups in total. The highest BCUT2D eigenvalue weighted by Gasteiger charge is 2.08. The van der Waals surface area contributed by atoms with Gasteiger partial charge in [0.15, 0.2) is 0 Å². The van der Waals surface area contributed by atoms with E-state index in [1.807, 2.05) is 35.0 Å². The zero-order valence-corrected chi connectivity index (χ0v) is 10.4. The van der Waals surface area contributed by atoms with Gasteiger partial charge in [-0.15, -0.1) is 0 Å². The molecular formula is C13H11N5O2. The molecule has 20 heavy (non-hydrogen) atoms. The van der Waals surface area contributed by atoms with Gasteiger partial charge >= 0.3 is 0 Å². The lowest BCUT2D eigenvalue weighted by molar-refractivity contribution is 0.0944. The zero-order chi connectivity index (χ0) is 13.9. The Kier molecular flexibility index (Phi) is 3.00. The lowest BCUT2D eigenvalue weighted by Crippen LogP contribution is -2.25. The number of fused-ring (bicyclic) bond motifs is 1. The third-order valence-electron chi connectivity index (χ3n) is 2.76. The van der Waals surface area contributed by atoms with Crippen molar-refractivity contribution < 1.29 is 4.79 Å². The summed E-state index contributed by atoms with van der Waals surface area (Å²) in [7, 11) is 0. The number of nitrogens with zero attached hydrogens (tertiary/aromatic N) is 3. The Morgan fingerprint density at radius 1 is 1.30 bits per heavy atom. The minimum Gasteiger partial charge on any atom is -0.345 e. The van der Waals surface area contributed by atoms with E-state index in [0.717, 1.165) is 11.3 Å². The fourth-order valence-corrected chi connectivity index (χ4v) is 1.80. The molecule has 0 aliphatic heterocycles. The van der Waals surface area contributed by atoms with E-state index in [0.29, 0.717) is 6.54 Å². The van der Waals surface area contributed by atoms with Crippen LogP contribution in [-0.2, 0) is 6.54 Å². The smallest absolute Gasteiger partial charge is 0.272 e. The predicted octanol–water partition coefficient (Wildman–Crippen LogP) is 0.348. The van der Waals surface area contributed by atoms with Crippen LogP contribution in [0.2, 0.25) is 0 Å². The number of pyridine rings is 1. The molecule has 100 valence electrons. The van der Waals surface area contributed by atoms with E-state index in [1.165, 1.54) is 12.1 Å². The topological polar surface area (TPSA) is 92.2 Å². The van der Waals surface area contributed by atoms with E-state index in [9.17, 15) is 9.59 Å². The number of hydrogen-bond donors (Lipinski definition) is 2. The molecule has 7 heteroatoms. The molecule has 0 atom stereocenters. The molecule has 0 aromatic carbocycles. The summed E-state index contributed by atoms with van der Waals surface area (Å²) in [4.78, 5) is 27.0. The summed E-state index contributed by atoms with van der Waals surface area (Å²) < 4.78 is 1.87. The van der Waals surface area contributed by atoms with E-state index >= 15 is 0 Å². The van der Waals surface area contributed by atoms with Gasteiger partial charge in [0.2, 0.25) is 0 Å². The molecule has 3 aromatic heterocycles. The van der Waals surface area contributed by atoms with Crippen LogP contribution in [0.1, 0.15) is 16.2 Å². The van der Waals surface area contributed by atoms with Crippen molar-refractivity contribution in [2.24, 2.45) is 0 Å². The molecule has 0 bridgehead atoms. The standard InChI is InChI=1S/C13H11N5O2/c19-12-5-4-10(16-17-12)13(20)14-7-9-8-18-6-2-1-3-11(18)15-9/h1-6,8H,7H2,(H,14,20)(H,17,19). The minimum atomic E-state index is -0.363. The third kappa shape index (κ3) is 2.41. The number of aromatic amines is 1. The van der Waals surface area contributed by atoms with Gasteiger partial charge in [0.05, 0.1) is 12.2 Å². The van der Waals surface area contributed by atoms with Crippen molar-refractivity contribution in [3.63, 3.8) is 0 Å². The fraction of sp³-hybridized carbons (Fsp3) is 0.0769. The molecule has 0 aliphatic carbocycles. The van der Waals surface area contributed by atoms with Gasteiger partial charge in [-0.05, 0) is 18.2 Å². The highest BCUT2D eigenvalue weighted by Crippen LogP contribution is 2.04. The Labute approximate surface area is 113 Å². The number of aromatic nitrogens is 4. The van der Waals surface area contributed by atoms with Crippen LogP contribution in [0.4, 0.5) is 0 Å². The average molecular weight is 269 g/mol. The maximum absolute atomic E-state index is 11.8. The highest BCUT2D eigenvalue weighted by atomic mass is 16.2. The molecule has 0 unspecified atom stereocenters. The summed E-state index contributed by atoms with van der Waals surface area (Å²) in [5.74, 6) is -0.363. The van der Waals surface area contributed by atoms with Crippen molar-refractivity contribution in [3.05, 3.63) is 64.5 Å². The molecule has 3 aromatic rings. The molecular weight excluding hydrogens is 258 g/mol. The van der Waals surface area contributed by atoms with Gasteiger partial charge in [-0.3, -0.25) is 9.59 Å². The summed E-state index contributed by atoms with van der Waals surface area (Å²) >= 11 is 0. The van der Waals surface area contributed by atoms with E-state index in [-0.39, 0.29) is 17.2 Å². The Balaban J connectivity index is 1.71. The number of hydrogen-bond acceptors (Lipinski definition) is 4. The molecule has 3 rings (SSSR count). The molecule has 1 amide bonds. The molecule has 3 heterocycles. The zero-order valence-electron chi connectivity index (χ0n) is 10.4. The molecule has 0 radical (unpaired) electrons. The second-order valence-electron chi connectivity index (χ2n) is 4.19. The lowest BCUT2D eigenvalue weighted by Gasteiger charge is -2.01. The average Bonchev–Trinajstić information content (AvgIpc) is 2.88. The van der Waals surface area contributed by atoms with Crippen molar-refractivity contribution in [3.8, 4) is 0 Å². The lowest BCUT2D eigenvalue weighted by atomic mass is 10.3. The molecule has 0 fully saturated rings. The SMILES string of the molecule is O=C(NCc1cn2ccccc2n1)c1ccc(=O)[nH]n1. The van der Waals surface area contributed by atoms with E-state index < -0.39 is 0 Å². The van der Waals surface area contributed by atoms with Crippen LogP contribution in [0.3, 0.4) is 0 Å². The number of carbonyl (C=O) groups excluding carboxylic acids is 1. The Morgan fingerprint density at radius 3 is 2.95 bits per heavy atom. The van der Waals surface area contributed by atoms with Crippen LogP contribution >= 0.6 is 0 Å². The Morgan fingerprint density at radius 2 is 2.20 bits per heavy atom. The Hall–Kier alpha value is -2.96. The molecule has 7 nitrogen and oxygen atoms in total. The van der Waals surface area contributed by atoms with Gasteiger partial charge in [-0.2, -0.15) is 5.10 Å². The highest BCUT2D eigenvalue weighted by molar-refractivity contribution is 5.91. The van der Waals surface area contributed by atoms with Gasteiger partial charge in [0, 0.05) is 18.5 Å². The van der Waals surface area contributed by atoms with Gasteiger partial charge < -0.3 is 9.72 Å². The van der Waals surface area contributed by atoms with Crippen molar-refractivity contribution in [2.45, 2.75) is 6.54 Å². The van der Waals surface area contributed by atoms with Crippen molar-refractivity contribution >= 4 is 11.6 Å². The van der Waals surface area contributed by atoms with Crippen LogP contribution in [0, 0.1) is 0 Å². The first-order chi connectivity index (χ1) is 9.72. The number of carbonyl (C=O) groups is 1. The van der Waals surface area contributed by atoms with Crippen LogP contribution in [0.15, 0.2) is 47.5 Å². The summed E-state index contributed by atoms with van der Waals surface area (Å²) in [6.45, 7) is 0.293. The van der Waals surface area contributed by atoms with Gasteiger partial charge in [0.25, 0.3) is 11.5 Å².